The smallest absolute Gasteiger partial charge is 0.269 e. The molecule has 0 fully saturated rings. The molecule has 1 heterocycles. The van der Waals surface area contributed by atoms with Crippen LogP contribution in [-0.4, -0.2) is 29.1 Å². The molecule has 0 aliphatic carbocycles. The van der Waals surface area contributed by atoms with Crippen molar-refractivity contribution in [2.75, 3.05) is 13.2 Å². The average molecular weight is 261 g/mol. The predicted octanol–water partition coefficient (Wildman–Crippen LogP) is 1.48. The molecule has 1 rings (SSSR count). The van der Waals surface area contributed by atoms with Crippen molar-refractivity contribution in [1.82, 2.24) is 10.3 Å². The SMILES string of the molecule is CC(C)(CCCO)CNC(=O)c1ccc(C#N)cn1. The molecular weight excluding hydrogens is 242 g/mol. The van der Waals surface area contributed by atoms with Crippen LogP contribution < -0.4 is 5.32 Å². The van der Waals surface area contributed by atoms with E-state index in [0.29, 0.717) is 17.8 Å². The Kier molecular flexibility index (Phi) is 5.46. The molecule has 5 heteroatoms. The fourth-order valence-electron chi connectivity index (χ4n) is 1.65. The van der Waals surface area contributed by atoms with E-state index in [1.165, 1.54) is 12.3 Å². The minimum Gasteiger partial charge on any atom is -0.396 e. The molecule has 5 nitrogen and oxygen atoms in total. The highest BCUT2D eigenvalue weighted by atomic mass is 16.2. The van der Waals surface area contributed by atoms with Crippen LogP contribution in [0.1, 0.15) is 42.7 Å². The summed E-state index contributed by atoms with van der Waals surface area (Å²) in [5.74, 6) is -0.249. The third-order valence-electron chi connectivity index (χ3n) is 2.86. The second-order valence-electron chi connectivity index (χ2n) is 5.22. The van der Waals surface area contributed by atoms with Gasteiger partial charge in [0.2, 0.25) is 0 Å². The van der Waals surface area contributed by atoms with Crippen LogP contribution in [0.4, 0.5) is 0 Å². The molecule has 0 aliphatic rings. The molecule has 0 saturated carbocycles. The molecule has 102 valence electrons. The van der Waals surface area contributed by atoms with Gasteiger partial charge in [-0.15, -0.1) is 0 Å². The van der Waals surface area contributed by atoms with E-state index in [1.54, 1.807) is 6.07 Å². The molecule has 0 unspecified atom stereocenters. The van der Waals surface area contributed by atoms with Gasteiger partial charge in [-0.3, -0.25) is 4.79 Å². The van der Waals surface area contributed by atoms with Crippen LogP contribution in [0.2, 0.25) is 0 Å². The Labute approximate surface area is 113 Å². The minimum absolute atomic E-state index is 0.0645. The standard InChI is InChI=1S/C14H19N3O2/c1-14(2,6-3-7-18)10-17-13(19)12-5-4-11(8-15)9-16-12/h4-5,9,18H,3,6-7,10H2,1-2H3,(H,17,19). The van der Waals surface area contributed by atoms with Crippen LogP contribution in [0, 0.1) is 16.7 Å². The number of aliphatic hydroxyl groups is 1. The number of nitrogens with one attached hydrogen (secondary N) is 1. The van der Waals surface area contributed by atoms with Crippen LogP contribution in [0.15, 0.2) is 18.3 Å². The quantitative estimate of drug-likeness (QED) is 0.812. The number of carbonyl (C=O) groups excluding carboxylic acids is 1. The van der Waals surface area contributed by atoms with E-state index in [1.807, 2.05) is 19.9 Å². The third-order valence-corrected chi connectivity index (χ3v) is 2.86. The lowest BCUT2D eigenvalue weighted by Gasteiger charge is -2.24. The maximum Gasteiger partial charge on any atom is 0.269 e. The lowest BCUT2D eigenvalue weighted by Crippen LogP contribution is -2.34. The second kappa shape index (κ2) is 6.86. The predicted molar refractivity (Wildman–Crippen MR) is 71.4 cm³/mol. The molecule has 0 spiro atoms. The van der Waals surface area contributed by atoms with Crippen LogP contribution >= 0.6 is 0 Å². The number of nitrogens with zero attached hydrogens (tertiary/aromatic N) is 2. The summed E-state index contributed by atoms with van der Waals surface area (Å²) in [6.07, 6.45) is 2.94. The minimum atomic E-state index is -0.249. The normalized spacial score (nSPS) is 10.8. The van der Waals surface area contributed by atoms with E-state index >= 15 is 0 Å². The maximum absolute atomic E-state index is 11.9. The number of hydrogen-bond donors (Lipinski definition) is 2. The lowest BCUT2D eigenvalue weighted by molar-refractivity contribution is 0.0928. The van der Waals surface area contributed by atoms with E-state index in [4.69, 9.17) is 10.4 Å². The summed E-state index contributed by atoms with van der Waals surface area (Å²) in [4.78, 5) is 15.8. The third kappa shape index (κ3) is 5.06. The molecule has 0 saturated heterocycles. The zero-order valence-corrected chi connectivity index (χ0v) is 11.3. The Morgan fingerprint density at radius 1 is 1.53 bits per heavy atom. The Balaban J connectivity index is 2.53. The first-order valence-corrected chi connectivity index (χ1v) is 6.24. The van der Waals surface area contributed by atoms with Gasteiger partial charge in [0, 0.05) is 19.3 Å². The first kappa shape index (κ1) is 15.1. The second-order valence-corrected chi connectivity index (χ2v) is 5.22. The zero-order valence-electron chi connectivity index (χ0n) is 11.3. The molecule has 1 aromatic rings. The molecular formula is C14H19N3O2. The highest BCUT2D eigenvalue weighted by Crippen LogP contribution is 2.20. The number of hydrogen-bond acceptors (Lipinski definition) is 4. The van der Waals surface area contributed by atoms with Gasteiger partial charge in [0.25, 0.3) is 5.91 Å². The number of carbonyl (C=O) groups is 1. The number of aliphatic hydroxyl groups excluding tert-OH is 1. The van der Waals surface area contributed by atoms with Gasteiger partial charge in [0.05, 0.1) is 5.56 Å². The van der Waals surface area contributed by atoms with Crippen molar-refractivity contribution in [3.05, 3.63) is 29.6 Å². The van der Waals surface area contributed by atoms with Gasteiger partial charge in [-0.1, -0.05) is 13.8 Å². The monoisotopic (exact) mass is 261 g/mol. The molecule has 0 aliphatic heterocycles. The largest absolute Gasteiger partial charge is 0.396 e. The fraction of sp³-hybridized carbons (Fsp3) is 0.500. The van der Waals surface area contributed by atoms with Crippen LogP contribution in [0.5, 0.6) is 0 Å². The summed E-state index contributed by atoms with van der Waals surface area (Å²) in [6.45, 7) is 4.76. The van der Waals surface area contributed by atoms with E-state index in [0.717, 1.165) is 12.8 Å². The number of amides is 1. The molecule has 0 bridgehead atoms. The molecule has 0 atom stereocenters. The van der Waals surface area contributed by atoms with Gasteiger partial charge in [-0.25, -0.2) is 4.98 Å². The van der Waals surface area contributed by atoms with E-state index < -0.39 is 0 Å². The van der Waals surface area contributed by atoms with E-state index in [9.17, 15) is 4.79 Å². The van der Waals surface area contributed by atoms with Gasteiger partial charge >= 0.3 is 0 Å². The van der Waals surface area contributed by atoms with Crippen molar-refractivity contribution in [2.24, 2.45) is 5.41 Å². The zero-order chi connectivity index (χ0) is 14.3. The Bertz CT molecular complexity index is 461. The van der Waals surface area contributed by atoms with Crippen molar-refractivity contribution < 1.29 is 9.90 Å². The highest BCUT2D eigenvalue weighted by molar-refractivity contribution is 5.92. The highest BCUT2D eigenvalue weighted by Gasteiger charge is 2.19. The molecule has 1 aromatic heterocycles. The summed E-state index contributed by atoms with van der Waals surface area (Å²) in [5, 5.41) is 20.3. The number of rotatable bonds is 6. The van der Waals surface area contributed by atoms with Crippen molar-refractivity contribution in [2.45, 2.75) is 26.7 Å². The maximum atomic E-state index is 11.9. The van der Waals surface area contributed by atoms with Gasteiger partial charge < -0.3 is 10.4 Å². The Morgan fingerprint density at radius 3 is 2.79 bits per heavy atom. The van der Waals surface area contributed by atoms with Gasteiger partial charge in [0.15, 0.2) is 0 Å². The molecule has 2 N–H and O–H groups in total. The van der Waals surface area contributed by atoms with Gasteiger partial charge in [-0.05, 0) is 30.4 Å². The first-order valence-electron chi connectivity index (χ1n) is 6.24. The van der Waals surface area contributed by atoms with Gasteiger partial charge in [-0.2, -0.15) is 5.26 Å². The van der Waals surface area contributed by atoms with Gasteiger partial charge in [0.1, 0.15) is 11.8 Å². The van der Waals surface area contributed by atoms with E-state index in [2.05, 4.69) is 10.3 Å². The summed E-state index contributed by atoms with van der Waals surface area (Å²) in [5.41, 5.74) is 0.669. The lowest BCUT2D eigenvalue weighted by atomic mass is 9.88. The number of pyridine rings is 1. The van der Waals surface area contributed by atoms with Crippen molar-refractivity contribution >= 4 is 5.91 Å². The number of nitriles is 1. The fourth-order valence-corrected chi connectivity index (χ4v) is 1.65. The van der Waals surface area contributed by atoms with Crippen LogP contribution in [-0.2, 0) is 0 Å². The van der Waals surface area contributed by atoms with E-state index in [-0.39, 0.29) is 17.9 Å². The topological polar surface area (TPSA) is 86.0 Å². The Morgan fingerprint density at radius 2 is 2.26 bits per heavy atom. The van der Waals surface area contributed by atoms with Crippen molar-refractivity contribution in [1.29, 1.82) is 5.26 Å². The first-order chi connectivity index (χ1) is 8.98. The average Bonchev–Trinajstić information content (AvgIpc) is 2.43. The molecule has 0 radical (unpaired) electrons. The summed E-state index contributed by atoms with van der Waals surface area (Å²) in [7, 11) is 0. The van der Waals surface area contributed by atoms with Crippen LogP contribution in [0.3, 0.4) is 0 Å². The van der Waals surface area contributed by atoms with Crippen LogP contribution in [0.25, 0.3) is 0 Å². The molecule has 0 aromatic carbocycles. The number of aromatic nitrogens is 1. The summed E-state index contributed by atoms with van der Waals surface area (Å²) < 4.78 is 0. The molecule has 19 heavy (non-hydrogen) atoms. The summed E-state index contributed by atoms with van der Waals surface area (Å²) in [6, 6.07) is 5.06. The summed E-state index contributed by atoms with van der Waals surface area (Å²) >= 11 is 0. The van der Waals surface area contributed by atoms with Crippen molar-refractivity contribution in [3.63, 3.8) is 0 Å². The Hall–Kier alpha value is -1.93. The van der Waals surface area contributed by atoms with Crippen molar-refractivity contribution in [3.8, 4) is 6.07 Å². The molecule has 1 amide bonds.